The van der Waals surface area contributed by atoms with E-state index in [1.807, 2.05) is 25.1 Å². The van der Waals surface area contributed by atoms with Crippen LogP contribution in [0, 0.1) is 0 Å². The van der Waals surface area contributed by atoms with E-state index in [1.54, 1.807) is 21.3 Å². The molecule has 1 aromatic carbocycles. The van der Waals surface area contributed by atoms with Crippen LogP contribution in [0.15, 0.2) is 18.2 Å². The molecule has 0 saturated heterocycles. The van der Waals surface area contributed by atoms with Gasteiger partial charge in [0.15, 0.2) is 0 Å². The molecule has 2 unspecified atom stereocenters. The molecule has 120 valence electrons. The molecule has 0 fully saturated rings. The Morgan fingerprint density at radius 3 is 2.57 bits per heavy atom. The topological polar surface area (TPSA) is 56.8 Å². The second kappa shape index (κ2) is 9.76. The standard InChI is InChI=1S/C15H25NO4S/c1-5-16-14(11-21(17)9-8-18-2)13-7-6-12(19-3)10-15(13)20-4/h6-7,10,14,16H,5,8-9,11H2,1-4H3. The van der Waals surface area contributed by atoms with Crippen molar-refractivity contribution in [2.24, 2.45) is 0 Å². The number of hydrogen-bond donors (Lipinski definition) is 1. The summed E-state index contributed by atoms with van der Waals surface area (Å²) in [6, 6.07) is 5.67. The van der Waals surface area contributed by atoms with Crippen LogP contribution in [-0.2, 0) is 15.5 Å². The predicted octanol–water partition coefficient (Wildman–Crippen LogP) is 1.75. The first-order valence-corrected chi connectivity index (χ1v) is 8.44. The molecule has 0 heterocycles. The minimum absolute atomic E-state index is 0.0199. The molecule has 2 atom stereocenters. The number of benzene rings is 1. The summed E-state index contributed by atoms with van der Waals surface area (Å²) in [7, 11) is 3.92. The molecule has 0 amide bonds. The fourth-order valence-electron chi connectivity index (χ4n) is 2.06. The fraction of sp³-hybridized carbons (Fsp3) is 0.600. The first-order chi connectivity index (χ1) is 10.2. The average Bonchev–Trinajstić information content (AvgIpc) is 2.51. The Morgan fingerprint density at radius 1 is 1.24 bits per heavy atom. The normalized spacial score (nSPS) is 13.7. The Kier molecular flexibility index (Phi) is 8.34. The molecule has 0 aliphatic heterocycles. The van der Waals surface area contributed by atoms with Gasteiger partial charge < -0.3 is 19.5 Å². The number of hydrogen-bond acceptors (Lipinski definition) is 5. The second-order valence-corrected chi connectivity index (χ2v) is 6.14. The van der Waals surface area contributed by atoms with Gasteiger partial charge in [0.25, 0.3) is 0 Å². The number of nitrogens with one attached hydrogen (secondary N) is 1. The van der Waals surface area contributed by atoms with Gasteiger partial charge in [-0.05, 0) is 12.6 Å². The molecular formula is C15H25NO4S. The Bertz CT molecular complexity index is 453. The van der Waals surface area contributed by atoms with E-state index >= 15 is 0 Å². The van der Waals surface area contributed by atoms with Crippen LogP contribution in [0.3, 0.4) is 0 Å². The van der Waals surface area contributed by atoms with Gasteiger partial charge in [0, 0.05) is 47.1 Å². The molecule has 0 spiro atoms. The molecule has 0 saturated carbocycles. The highest BCUT2D eigenvalue weighted by Gasteiger charge is 2.18. The minimum Gasteiger partial charge on any atom is -0.497 e. The zero-order valence-corrected chi connectivity index (χ0v) is 14.0. The fourth-order valence-corrected chi connectivity index (χ4v) is 3.25. The van der Waals surface area contributed by atoms with Gasteiger partial charge in [0.2, 0.25) is 0 Å². The first-order valence-electron chi connectivity index (χ1n) is 6.95. The maximum absolute atomic E-state index is 12.1. The maximum Gasteiger partial charge on any atom is 0.127 e. The summed E-state index contributed by atoms with van der Waals surface area (Å²) in [5.41, 5.74) is 0.992. The Morgan fingerprint density at radius 2 is 2.00 bits per heavy atom. The van der Waals surface area contributed by atoms with Gasteiger partial charge in [-0.3, -0.25) is 4.21 Å². The van der Waals surface area contributed by atoms with Crippen molar-refractivity contribution in [1.82, 2.24) is 5.32 Å². The number of rotatable bonds is 10. The quantitative estimate of drug-likeness (QED) is 0.713. The van der Waals surface area contributed by atoms with Crippen LogP contribution in [0.2, 0.25) is 0 Å². The van der Waals surface area contributed by atoms with E-state index in [0.29, 0.717) is 18.1 Å². The van der Waals surface area contributed by atoms with Crippen LogP contribution >= 0.6 is 0 Å². The van der Waals surface area contributed by atoms with Crippen LogP contribution in [0.4, 0.5) is 0 Å². The molecule has 1 rings (SSSR count). The zero-order chi connectivity index (χ0) is 15.7. The summed E-state index contributed by atoms with van der Waals surface area (Å²) in [6.45, 7) is 3.33. The van der Waals surface area contributed by atoms with Gasteiger partial charge in [0.1, 0.15) is 11.5 Å². The van der Waals surface area contributed by atoms with Crippen LogP contribution in [-0.4, -0.2) is 50.2 Å². The summed E-state index contributed by atoms with van der Waals surface area (Å²) in [5.74, 6) is 2.55. The smallest absolute Gasteiger partial charge is 0.127 e. The van der Waals surface area contributed by atoms with Gasteiger partial charge in [-0.15, -0.1) is 0 Å². The Labute approximate surface area is 129 Å². The van der Waals surface area contributed by atoms with E-state index in [-0.39, 0.29) is 6.04 Å². The molecule has 0 aliphatic rings. The van der Waals surface area contributed by atoms with Crippen molar-refractivity contribution in [3.8, 4) is 11.5 Å². The van der Waals surface area contributed by atoms with E-state index < -0.39 is 10.8 Å². The van der Waals surface area contributed by atoms with E-state index in [4.69, 9.17) is 14.2 Å². The molecule has 21 heavy (non-hydrogen) atoms. The Hall–Kier alpha value is -1.11. The molecule has 0 bridgehead atoms. The summed E-state index contributed by atoms with van der Waals surface area (Å²) in [5, 5.41) is 3.36. The van der Waals surface area contributed by atoms with Crippen molar-refractivity contribution in [3.05, 3.63) is 23.8 Å². The molecular weight excluding hydrogens is 290 g/mol. The van der Waals surface area contributed by atoms with Crippen LogP contribution in [0.1, 0.15) is 18.5 Å². The van der Waals surface area contributed by atoms with E-state index in [1.165, 1.54) is 0 Å². The van der Waals surface area contributed by atoms with E-state index in [0.717, 1.165) is 23.6 Å². The lowest BCUT2D eigenvalue weighted by Gasteiger charge is -2.21. The molecule has 1 aromatic rings. The number of methoxy groups -OCH3 is 3. The third kappa shape index (κ3) is 5.65. The molecule has 0 aromatic heterocycles. The lowest BCUT2D eigenvalue weighted by molar-refractivity contribution is 0.218. The second-order valence-electron chi connectivity index (χ2n) is 4.52. The van der Waals surface area contributed by atoms with Crippen molar-refractivity contribution >= 4 is 10.8 Å². The SMILES string of the molecule is CCNC(CS(=O)CCOC)c1ccc(OC)cc1OC. The first kappa shape index (κ1) is 17.9. The molecule has 0 aliphatic carbocycles. The third-order valence-corrected chi connectivity index (χ3v) is 4.46. The van der Waals surface area contributed by atoms with Crippen molar-refractivity contribution in [2.75, 3.05) is 46.0 Å². The molecule has 0 radical (unpaired) electrons. The van der Waals surface area contributed by atoms with Gasteiger partial charge in [-0.1, -0.05) is 13.0 Å². The summed E-state index contributed by atoms with van der Waals surface area (Å²) >= 11 is 0. The van der Waals surface area contributed by atoms with Crippen molar-refractivity contribution in [1.29, 1.82) is 0 Å². The lowest BCUT2D eigenvalue weighted by atomic mass is 10.1. The summed E-state index contributed by atoms with van der Waals surface area (Å²) < 4.78 is 27.7. The van der Waals surface area contributed by atoms with Gasteiger partial charge in [0.05, 0.1) is 20.8 Å². The monoisotopic (exact) mass is 315 g/mol. The van der Waals surface area contributed by atoms with E-state index in [2.05, 4.69) is 5.32 Å². The zero-order valence-electron chi connectivity index (χ0n) is 13.2. The molecule has 5 nitrogen and oxygen atoms in total. The van der Waals surface area contributed by atoms with Crippen molar-refractivity contribution in [3.63, 3.8) is 0 Å². The number of ether oxygens (including phenoxy) is 3. The van der Waals surface area contributed by atoms with Crippen LogP contribution < -0.4 is 14.8 Å². The van der Waals surface area contributed by atoms with Gasteiger partial charge >= 0.3 is 0 Å². The van der Waals surface area contributed by atoms with Crippen molar-refractivity contribution in [2.45, 2.75) is 13.0 Å². The maximum atomic E-state index is 12.1. The van der Waals surface area contributed by atoms with Gasteiger partial charge in [-0.2, -0.15) is 0 Å². The Balaban J connectivity index is 2.91. The largest absolute Gasteiger partial charge is 0.497 e. The van der Waals surface area contributed by atoms with Crippen molar-refractivity contribution < 1.29 is 18.4 Å². The highest BCUT2D eigenvalue weighted by atomic mass is 32.2. The van der Waals surface area contributed by atoms with Crippen LogP contribution in [0.5, 0.6) is 11.5 Å². The van der Waals surface area contributed by atoms with Crippen LogP contribution in [0.25, 0.3) is 0 Å². The van der Waals surface area contributed by atoms with Gasteiger partial charge in [-0.25, -0.2) is 0 Å². The summed E-state index contributed by atoms with van der Waals surface area (Å²) in [6.07, 6.45) is 0. The molecule has 6 heteroatoms. The third-order valence-electron chi connectivity index (χ3n) is 3.13. The highest BCUT2D eigenvalue weighted by molar-refractivity contribution is 7.85. The van der Waals surface area contributed by atoms with E-state index in [9.17, 15) is 4.21 Å². The highest BCUT2D eigenvalue weighted by Crippen LogP contribution is 2.30. The minimum atomic E-state index is -0.944. The lowest BCUT2D eigenvalue weighted by Crippen LogP contribution is -2.27. The molecule has 1 N–H and O–H groups in total. The average molecular weight is 315 g/mol. The summed E-state index contributed by atoms with van der Waals surface area (Å²) in [4.78, 5) is 0. The predicted molar refractivity (Wildman–Crippen MR) is 85.7 cm³/mol.